The Hall–Kier alpha value is -3.66. The van der Waals surface area contributed by atoms with Gasteiger partial charge in [0, 0.05) is 18.4 Å². The molecular weight excluding hydrogens is 374 g/mol. The normalized spacial score (nSPS) is 12.8. The molecule has 10 heteroatoms. The fourth-order valence-corrected chi connectivity index (χ4v) is 2.97. The van der Waals surface area contributed by atoms with Gasteiger partial charge in [-0.15, -0.1) is 0 Å². The molecule has 0 aliphatic carbocycles. The van der Waals surface area contributed by atoms with E-state index in [1.807, 2.05) is 25.1 Å². The van der Waals surface area contributed by atoms with Crippen LogP contribution in [0.15, 0.2) is 36.9 Å². The molecule has 0 atom stereocenters. The van der Waals surface area contributed by atoms with Crippen LogP contribution in [0.5, 0.6) is 5.75 Å². The third-order valence-electron chi connectivity index (χ3n) is 4.27. The zero-order valence-corrected chi connectivity index (χ0v) is 15.7. The van der Waals surface area contributed by atoms with Crippen molar-refractivity contribution >= 4 is 17.5 Å². The Labute approximate surface area is 166 Å². The van der Waals surface area contributed by atoms with Crippen molar-refractivity contribution in [3.05, 3.63) is 48.2 Å². The lowest BCUT2D eigenvalue weighted by Gasteiger charge is -2.30. The van der Waals surface area contributed by atoms with Crippen molar-refractivity contribution in [2.75, 3.05) is 31.2 Å². The fraction of sp³-hybridized carbons (Fsp3) is 0.263. The third-order valence-corrected chi connectivity index (χ3v) is 4.27. The number of aliphatic hydroxyl groups excluding tert-OH is 1. The van der Waals surface area contributed by atoms with Crippen molar-refractivity contribution in [2.24, 2.45) is 0 Å². The molecule has 3 aromatic heterocycles. The molecule has 2 N–H and O–H groups in total. The summed E-state index contributed by atoms with van der Waals surface area (Å²) in [6.07, 6.45) is 4.41. The number of aromatic nitrogens is 5. The first-order valence-corrected chi connectivity index (χ1v) is 9.08. The first-order chi connectivity index (χ1) is 14.2. The number of amides is 1. The summed E-state index contributed by atoms with van der Waals surface area (Å²) >= 11 is 0. The van der Waals surface area contributed by atoms with Crippen LogP contribution in [-0.2, 0) is 0 Å². The number of pyridine rings is 1. The Morgan fingerprint density at radius 3 is 2.97 bits per heavy atom. The maximum Gasteiger partial charge on any atom is 0.256 e. The number of anilines is 2. The summed E-state index contributed by atoms with van der Waals surface area (Å²) < 4.78 is 5.69. The molecule has 29 heavy (non-hydrogen) atoms. The van der Waals surface area contributed by atoms with Gasteiger partial charge in [-0.3, -0.25) is 4.79 Å². The van der Waals surface area contributed by atoms with E-state index >= 15 is 0 Å². The van der Waals surface area contributed by atoms with Crippen LogP contribution in [-0.4, -0.2) is 62.2 Å². The Morgan fingerprint density at radius 1 is 1.24 bits per heavy atom. The second kappa shape index (κ2) is 8.15. The van der Waals surface area contributed by atoms with Gasteiger partial charge in [0.05, 0.1) is 19.3 Å². The van der Waals surface area contributed by atoms with Crippen LogP contribution in [0, 0.1) is 6.92 Å². The van der Waals surface area contributed by atoms with Gasteiger partial charge in [-0.2, -0.15) is 0 Å². The number of rotatable bonds is 5. The van der Waals surface area contributed by atoms with Gasteiger partial charge in [-0.1, -0.05) is 6.07 Å². The molecule has 0 aromatic carbocycles. The lowest BCUT2D eigenvalue weighted by atomic mass is 10.2. The number of carbonyl (C=O) groups is 1. The summed E-state index contributed by atoms with van der Waals surface area (Å²) in [6.45, 7) is 2.71. The maximum absolute atomic E-state index is 12.5. The van der Waals surface area contributed by atoms with Gasteiger partial charge in [0.2, 0.25) is 0 Å². The zero-order chi connectivity index (χ0) is 20.2. The molecule has 0 saturated carbocycles. The average Bonchev–Trinajstić information content (AvgIpc) is 2.76. The lowest BCUT2D eigenvalue weighted by Crippen LogP contribution is -2.34. The van der Waals surface area contributed by atoms with Crippen LogP contribution in [0.25, 0.3) is 11.5 Å². The van der Waals surface area contributed by atoms with Crippen molar-refractivity contribution in [1.29, 1.82) is 0 Å². The molecule has 1 aliphatic rings. The molecule has 4 rings (SSSR count). The minimum atomic E-state index is -0.377. The highest BCUT2D eigenvalue weighted by molar-refractivity contribution is 5.99. The van der Waals surface area contributed by atoms with Crippen molar-refractivity contribution in [3.8, 4) is 17.3 Å². The van der Waals surface area contributed by atoms with Crippen molar-refractivity contribution in [3.63, 3.8) is 0 Å². The van der Waals surface area contributed by atoms with Gasteiger partial charge in [0.1, 0.15) is 24.2 Å². The second-order valence-corrected chi connectivity index (χ2v) is 6.29. The zero-order valence-electron chi connectivity index (χ0n) is 15.7. The first-order valence-electron chi connectivity index (χ1n) is 9.08. The molecule has 0 radical (unpaired) electrons. The minimum absolute atomic E-state index is 0.137. The molecular formula is C19H19N7O3. The number of fused-ring (bicyclic) bond motifs is 1. The number of carbonyl (C=O) groups excluding carboxylic acids is 1. The van der Waals surface area contributed by atoms with Gasteiger partial charge in [-0.05, 0) is 19.1 Å². The van der Waals surface area contributed by atoms with E-state index in [2.05, 4.69) is 30.2 Å². The molecule has 0 fully saturated rings. The quantitative estimate of drug-likeness (QED) is 0.650. The lowest BCUT2D eigenvalue weighted by molar-refractivity contribution is 0.0944. The summed E-state index contributed by atoms with van der Waals surface area (Å²) in [5.41, 5.74) is 1.78. The molecule has 4 heterocycles. The standard InChI is InChI=1S/C19H19N7O3/c1-12-3-2-4-14(24-12)16-22-10-15-18(25-16)26(6-8-29-15)17-13(9-20-11-23-17)19(28)21-5-7-27/h2-4,9-11,27H,5-8H2,1H3,(H,21,28). The van der Waals surface area contributed by atoms with Crippen LogP contribution in [0.2, 0.25) is 0 Å². The predicted molar refractivity (Wildman–Crippen MR) is 104 cm³/mol. The van der Waals surface area contributed by atoms with Crippen molar-refractivity contribution in [2.45, 2.75) is 6.92 Å². The highest BCUT2D eigenvalue weighted by Crippen LogP contribution is 2.35. The van der Waals surface area contributed by atoms with Crippen LogP contribution in [0.4, 0.5) is 11.6 Å². The van der Waals surface area contributed by atoms with E-state index in [1.165, 1.54) is 12.5 Å². The van der Waals surface area contributed by atoms with Gasteiger partial charge in [0.25, 0.3) is 5.91 Å². The molecule has 3 aromatic rings. The van der Waals surface area contributed by atoms with E-state index < -0.39 is 0 Å². The van der Waals surface area contributed by atoms with Gasteiger partial charge >= 0.3 is 0 Å². The summed E-state index contributed by atoms with van der Waals surface area (Å²) in [6, 6.07) is 5.62. The highest BCUT2D eigenvalue weighted by Gasteiger charge is 2.27. The Morgan fingerprint density at radius 2 is 2.14 bits per heavy atom. The minimum Gasteiger partial charge on any atom is -0.486 e. The number of ether oxygens (including phenoxy) is 1. The number of nitrogens with one attached hydrogen (secondary N) is 1. The molecule has 0 unspecified atom stereocenters. The van der Waals surface area contributed by atoms with E-state index in [1.54, 1.807) is 11.1 Å². The predicted octanol–water partition coefficient (Wildman–Crippen LogP) is 0.890. The SMILES string of the molecule is Cc1cccc(-c2ncc3c(n2)N(c2ncncc2C(=O)NCCO)CCO3)n1. The van der Waals surface area contributed by atoms with Crippen LogP contribution < -0.4 is 15.0 Å². The third kappa shape index (κ3) is 3.83. The average molecular weight is 393 g/mol. The largest absolute Gasteiger partial charge is 0.486 e. The molecule has 0 spiro atoms. The number of hydrogen-bond acceptors (Lipinski definition) is 9. The molecule has 1 amide bonds. The molecule has 10 nitrogen and oxygen atoms in total. The summed E-state index contributed by atoms with van der Waals surface area (Å²) in [5.74, 6) is 1.47. The number of nitrogens with zero attached hydrogens (tertiary/aromatic N) is 6. The summed E-state index contributed by atoms with van der Waals surface area (Å²) in [4.78, 5) is 36.1. The number of aryl methyl sites for hydroxylation is 1. The van der Waals surface area contributed by atoms with Crippen molar-refractivity contribution < 1.29 is 14.6 Å². The molecule has 148 valence electrons. The number of hydrogen-bond donors (Lipinski definition) is 2. The van der Waals surface area contributed by atoms with E-state index in [-0.39, 0.29) is 24.6 Å². The van der Waals surface area contributed by atoms with E-state index in [4.69, 9.17) is 9.84 Å². The summed E-state index contributed by atoms with van der Waals surface area (Å²) in [5, 5.41) is 11.6. The molecule has 0 bridgehead atoms. The topological polar surface area (TPSA) is 126 Å². The molecule has 1 aliphatic heterocycles. The van der Waals surface area contributed by atoms with Crippen molar-refractivity contribution in [1.82, 2.24) is 30.2 Å². The van der Waals surface area contributed by atoms with Gasteiger partial charge in [-0.25, -0.2) is 24.9 Å². The number of aliphatic hydroxyl groups is 1. The monoisotopic (exact) mass is 393 g/mol. The Kier molecular flexibility index (Phi) is 5.25. The highest BCUT2D eigenvalue weighted by atomic mass is 16.5. The smallest absolute Gasteiger partial charge is 0.256 e. The Balaban J connectivity index is 1.76. The van der Waals surface area contributed by atoms with E-state index in [9.17, 15) is 4.79 Å². The van der Waals surface area contributed by atoms with Crippen LogP contribution >= 0.6 is 0 Å². The fourth-order valence-electron chi connectivity index (χ4n) is 2.97. The van der Waals surface area contributed by atoms with Crippen LogP contribution in [0.3, 0.4) is 0 Å². The van der Waals surface area contributed by atoms with Gasteiger partial charge in [0.15, 0.2) is 23.2 Å². The summed E-state index contributed by atoms with van der Waals surface area (Å²) in [7, 11) is 0. The Bertz CT molecular complexity index is 1040. The first kappa shape index (κ1) is 18.7. The van der Waals surface area contributed by atoms with E-state index in [0.717, 1.165) is 5.69 Å². The van der Waals surface area contributed by atoms with Gasteiger partial charge < -0.3 is 20.1 Å². The van der Waals surface area contributed by atoms with Crippen LogP contribution in [0.1, 0.15) is 16.1 Å². The molecule has 0 saturated heterocycles. The second-order valence-electron chi connectivity index (χ2n) is 6.29. The van der Waals surface area contributed by atoms with E-state index in [0.29, 0.717) is 42.1 Å². The maximum atomic E-state index is 12.5.